The van der Waals surface area contributed by atoms with Crippen LogP contribution in [-0.4, -0.2) is 69.4 Å². The number of nitrogens with zero attached hydrogens (tertiary/aromatic N) is 1. The lowest BCUT2D eigenvalue weighted by molar-refractivity contribution is -0.145. The number of unbranched alkanes of at least 4 members (excludes halogenated alkanes) is 6. The van der Waals surface area contributed by atoms with Gasteiger partial charge < -0.3 is 20.4 Å². The molecule has 5 nitrogen and oxygen atoms in total. The Morgan fingerprint density at radius 2 is 1.50 bits per heavy atom. The fourth-order valence-electron chi connectivity index (χ4n) is 2.91. The molecule has 0 aromatic heterocycles. The summed E-state index contributed by atoms with van der Waals surface area (Å²) >= 11 is 0. The number of piperidine rings is 1. The lowest BCUT2D eigenvalue weighted by Gasteiger charge is -2.43. The molecule has 20 heavy (non-hydrogen) atoms. The Morgan fingerprint density at radius 3 is 2.10 bits per heavy atom. The quantitative estimate of drug-likeness (QED) is 0.465. The van der Waals surface area contributed by atoms with E-state index in [2.05, 4.69) is 6.92 Å². The molecule has 1 unspecified atom stereocenters. The van der Waals surface area contributed by atoms with E-state index in [1.165, 1.54) is 32.1 Å². The van der Waals surface area contributed by atoms with Crippen LogP contribution in [0.1, 0.15) is 51.9 Å². The van der Waals surface area contributed by atoms with Crippen LogP contribution >= 0.6 is 0 Å². The van der Waals surface area contributed by atoms with Gasteiger partial charge in [-0.05, 0) is 13.0 Å². The summed E-state index contributed by atoms with van der Waals surface area (Å²) in [7, 11) is 0. The van der Waals surface area contributed by atoms with Crippen LogP contribution in [0.15, 0.2) is 0 Å². The zero-order valence-electron chi connectivity index (χ0n) is 12.6. The Morgan fingerprint density at radius 1 is 0.900 bits per heavy atom. The van der Waals surface area contributed by atoms with Gasteiger partial charge in [0.15, 0.2) is 0 Å². The molecule has 1 aliphatic rings. The van der Waals surface area contributed by atoms with E-state index in [0.29, 0.717) is 6.54 Å². The third kappa shape index (κ3) is 5.30. The van der Waals surface area contributed by atoms with Crippen LogP contribution in [-0.2, 0) is 0 Å². The second-order valence-corrected chi connectivity index (χ2v) is 5.91. The van der Waals surface area contributed by atoms with Crippen molar-refractivity contribution in [3.05, 3.63) is 0 Å². The standard InChI is InChI=1S/C15H31NO4/c1-2-3-4-5-6-7-8-9-16-10-13(18)15(20)14(19)12(16)11-17/h12-15,17-20H,2-11H2,1H3/t12?,13-,14+,15+/m0/s1. The molecule has 0 aromatic carbocycles. The summed E-state index contributed by atoms with van der Waals surface area (Å²) in [4.78, 5) is 1.90. The van der Waals surface area contributed by atoms with Gasteiger partial charge in [-0.2, -0.15) is 0 Å². The van der Waals surface area contributed by atoms with Gasteiger partial charge in [-0.1, -0.05) is 45.4 Å². The molecule has 0 amide bonds. The van der Waals surface area contributed by atoms with Crippen molar-refractivity contribution in [1.82, 2.24) is 4.90 Å². The van der Waals surface area contributed by atoms with Crippen molar-refractivity contribution in [1.29, 1.82) is 0 Å². The molecule has 0 aromatic rings. The van der Waals surface area contributed by atoms with Crippen LogP contribution < -0.4 is 0 Å². The molecule has 4 atom stereocenters. The van der Waals surface area contributed by atoms with E-state index in [-0.39, 0.29) is 6.61 Å². The third-order valence-corrected chi connectivity index (χ3v) is 4.26. The highest BCUT2D eigenvalue weighted by Crippen LogP contribution is 2.19. The van der Waals surface area contributed by atoms with E-state index in [4.69, 9.17) is 0 Å². The van der Waals surface area contributed by atoms with Gasteiger partial charge in [0.25, 0.3) is 0 Å². The van der Waals surface area contributed by atoms with Crippen LogP contribution in [0, 0.1) is 0 Å². The highest BCUT2D eigenvalue weighted by Gasteiger charge is 2.40. The van der Waals surface area contributed by atoms with Gasteiger partial charge in [-0.15, -0.1) is 0 Å². The van der Waals surface area contributed by atoms with Crippen molar-refractivity contribution >= 4 is 0 Å². The maximum Gasteiger partial charge on any atom is 0.109 e. The molecule has 1 fully saturated rings. The average Bonchev–Trinajstić information content (AvgIpc) is 2.44. The molecule has 4 N–H and O–H groups in total. The van der Waals surface area contributed by atoms with Crippen LogP contribution in [0.25, 0.3) is 0 Å². The largest absolute Gasteiger partial charge is 0.395 e. The summed E-state index contributed by atoms with van der Waals surface area (Å²) in [5.74, 6) is 0. The molecule has 0 bridgehead atoms. The number of hydrogen-bond donors (Lipinski definition) is 4. The van der Waals surface area contributed by atoms with Gasteiger partial charge in [0.2, 0.25) is 0 Å². The van der Waals surface area contributed by atoms with E-state index >= 15 is 0 Å². The predicted molar refractivity (Wildman–Crippen MR) is 78.5 cm³/mol. The summed E-state index contributed by atoms with van der Waals surface area (Å²) in [6.07, 6.45) is 5.29. The SMILES string of the molecule is CCCCCCCCCN1C[C@H](O)[C@@H](O)[C@H](O)C1CO. The van der Waals surface area contributed by atoms with E-state index in [0.717, 1.165) is 19.4 Å². The van der Waals surface area contributed by atoms with Crippen molar-refractivity contribution in [2.24, 2.45) is 0 Å². The lowest BCUT2D eigenvalue weighted by Crippen LogP contribution is -2.62. The fourth-order valence-corrected chi connectivity index (χ4v) is 2.91. The van der Waals surface area contributed by atoms with Gasteiger partial charge in [0.05, 0.1) is 18.8 Å². The van der Waals surface area contributed by atoms with Gasteiger partial charge in [0.1, 0.15) is 12.2 Å². The molecular formula is C15H31NO4. The maximum absolute atomic E-state index is 9.87. The molecule has 5 heteroatoms. The van der Waals surface area contributed by atoms with Gasteiger partial charge >= 0.3 is 0 Å². The number of β-amino-alcohol motifs (C(OH)–C–C–N with tert-alkyl or cyclic N) is 1. The smallest absolute Gasteiger partial charge is 0.109 e. The molecule has 0 saturated carbocycles. The normalized spacial score (nSPS) is 31.6. The average molecular weight is 289 g/mol. The third-order valence-electron chi connectivity index (χ3n) is 4.26. The molecule has 0 radical (unpaired) electrons. The second kappa shape index (κ2) is 9.68. The van der Waals surface area contributed by atoms with Crippen molar-refractivity contribution in [3.63, 3.8) is 0 Å². The molecule has 0 spiro atoms. The summed E-state index contributed by atoms with van der Waals surface area (Å²) in [6, 6.07) is -0.464. The number of likely N-dealkylation sites (tertiary alicyclic amines) is 1. The minimum atomic E-state index is -1.16. The second-order valence-electron chi connectivity index (χ2n) is 5.91. The van der Waals surface area contributed by atoms with Crippen LogP contribution in [0.4, 0.5) is 0 Å². The van der Waals surface area contributed by atoms with E-state index < -0.39 is 24.4 Å². The first-order chi connectivity index (χ1) is 9.61. The predicted octanol–water partition coefficient (Wildman–Crippen LogP) is 0.496. The Kier molecular flexibility index (Phi) is 8.64. The molecule has 1 rings (SSSR count). The van der Waals surface area contributed by atoms with Crippen molar-refractivity contribution < 1.29 is 20.4 Å². The molecule has 0 aliphatic carbocycles. The molecule has 120 valence electrons. The maximum atomic E-state index is 9.87. The van der Waals surface area contributed by atoms with E-state index in [1.807, 2.05) is 4.90 Å². The first-order valence-electron chi connectivity index (χ1n) is 8.01. The minimum absolute atomic E-state index is 0.193. The van der Waals surface area contributed by atoms with Crippen molar-refractivity contribution in [3.8, 4) is 0 Å². The zero-order valence-corrected chi connectivity index (χ0v) is 12.6. The summed E-state index contributed by atoms with van der Waals surface area (Å²) < 4.78 is 0. The minimum Gasteiger partial charge on any atom is -0.395 e. The van der Waals surface area contributed by atoms with Crippen molar-refractivity contribution in [2.45, 2.75) is 76.2 Å². The Hall–Kier alpha value is -0.200. The summed E-state index contributed by atoms with van der Waals surface area (Å²) in [5, 5.41) is 38.5. The van der Waals surface area contributed by atoms with Crippen molar-refractivity contribution in [2.75, 3.05) is 19.7 Å². The molecule has 1 aliphatic heterocycles. The Labute approximate surface area is 122 Å². The summed E-state index contributed by atoms with van der Waals surface area (Å²) in [6.45, 7) is 3.08. The van der Waals surface area contributed by atoms with Crippen LogP contribution in [0.3, 0.4) is 0 Å². The van der Waals surface area contributed by atoms with Crippen LogP contribution in [0.2, 0.25) is 0 Å². The van der Waals surface area contributed by atoms with Gasteiger partial charge in [-0.3, -0.25) is 4.90 Å². The molecular weight excluding hydrogens is 258 g/mol. The lowest BCUT2D eigenvalue weighted by atomic mass is 9.94. The number of aliphatic hydroxyl groups excluding tert-OH is 4. The topological polar surface area (TPSA) is 84.2 Å². The van der Waals surface area contributed by atoms with Gasteiger partial charge in [-0.25, -0.2) is 0 Å². The number of rotatable bonds is 9. The molecule has 1 saturated heterocycles. The summed E-state index contributed by atoms with van der Waals surface area (Å²) in [5.41, 5.74) is 0. The first kappa shape index (κ1) is 17.9. The number of aliphatic hydroxyl groups is 4. The highest BCUT2D eigenvalue weighted by atomic mass is 16.4. The van der Waals surface area contributed by atoms with E-state index in [1.54, 1.807) is 0 Å². The Balaban J connectivity index is 2.24. The van der Waals surface area contributed by atoms with Gasteiger partial charge in [0, 0.05) is 6.54 Å². The van der Waals surface area contributed by atoms with Crippen LogP contribution in [0.5, 0.6) is 0 Å². The fraction of sp³-hybridized carbons (Fsp3) is 1.00. The molecule has 1 heterocycles. The Bertz CT molecular complexity index is 252. The number of hydrogen-bond acceptors (Lipinski definition) is 5. The monoisotopic (exact) mass is 289 g/mol. The first-order valence-corrected chi connectivity index (χ1v) is 8.01. The zero-order chi connectivity index (χ0) is 15.0. The van der Waals surface area contributed by atoms with E-state index in [9.17, 15) is 20.4 Å². The highest BCUT2D eigenvalue weighted by molar-refractivity contribution is 4.93.